The van der Waals surface area contributed by atoms with E-state index in [1.54, 1.807) is 0 Å². The van der Waals surface area contributed by atoms with E-state index < -0.39 is 0 Å². The van der Waals surface area contributed by atoms with Gasteiger partial charge in [0.15, 0.2) is 0 Å². The average Bonchev–Trinajstić information content (AvgIpc) is 2.37. The molecule has 0 radical (unpaired) electrons. The van der Waals surface area contributed by atoms with Crippen LogP contribution in [0.15, 0.2) is 24.4 Å². The van der Waals surface area contributed by atoms with Crippen LogP contribution in [-0.2, 0) is 6.42 Å². The van der Waals surface area contributed by atoms with E-state index in [1.165, 1.54) is 38.2 Å². The molecule has 88 valence electrons. The van der Waals surface area contributed by atoms with Crippen LogP contribution in [-0.4, -0.2) is 42.6 Å². The van der Waals surface area contributed by atoms with Crippen molar-refractivity contribution < 1.29 is 0 Å². The Morgan fingerprint density at radius 2 is 2.06 bits per heavy atom. The molecule has 1 aromatic rings. The zero-order valence-corrected chi connectivity index (χ0v) is 9.86. The van der Waals surface area contributed by atoms with Crippen LogP contribution in [0.4, 0.5) is 0 Å². The molecule has 0 atom stereocenters. The monoisotopic (exact) mass is 219 g/mol. The Morgan fingerprint density at radius 1 is 1.19 bits per heavy atom. The number of hydrogen-bond acceptors (Lipinski definition) is 3. The number of piperazine rings is 1. The fourth-order valence-electron chi connectivity index (χ4n) is 2.12. The smallest absolute Gasteiger partial charge is 0.0403 e. The van der Waals surface area contributed by atoms with E-state index in [2.05, 4.69) is 27.3 Å². The van der Waals surface area contributed by atoms with Gasteiger partial charge >= 0.3 is 0 Å². The highest BCUT2D eigenvalue weighted by Gasteiger charge is 2.08. The van der Waals surface area contributed by atoms with E-state index in [1.807, 2.05) is 12.3 Å². The maximum absolute atomic E-state index is 4.34. The number of nitrogens with zero attached hydrogens (tertiary/aromatic N) is 2. The topological polar surface area (TPSA) is 28.2 Å². The summed E-state index contributed by atoms with van der Waals surface area (Å²) in [4.78, 5) is 6.89. The minimum Gasteiger partial charge on any atom is -0.314 e. The number of rotatable bonds is 5. The minimum absolute atomic E-state index is 1.12. The molecule has 0 aliphatic carbocycles. The van der Waals surface area contributed by atoms with Crippen LogP contribution >= 0.6 is 0 Å². The summed E-state index contributed by atoms with van der Waals surface area (Å²) < 4.78 is 0. The van der Waals surface area contributed by atoms with Gasteiger partial charge in [-0.3, -0.25) is 4.98 Å². The van der Waals surface area contributed by atoms with E-state index in [4.69, 9.17) is 0 Å². The molecule has 0 unspecified atom stereocenters. The van der Waals surface area contributed by atoms with Gasteiger partial charge in [0.2, 0.25) is 0 Å². The van der Waals surface area contributed by atoms with Crippen molar-refractivity contribution in [1.29, 1.82) is 0 Å². The fourth-order valence-corrected chi connectivity index (χ4v) is 2.12. The lowest BCUT2D eigenvalue weighted by molar-refractivity contribution is 0.237. The molecule has 2 rings (SSSR count). The first kappa shape index (κ1) is 11.6. The zero-order chi connectivity index (χ0) is 11.1. The van der Waals surface area contributed by atoms with Gasteiger partial charge in [0.1, 0.15) is 0 Å². The SMILES string of the molecule is c1ccc(CCCCN2CCNCC2)nc1. The van der Waals surface area contributed by atoms with Crippen LogP contribution in [0.2, 0.25) is 0 Å². The summed E-state index contributed by atoms with van der Waals surface area (Å²) in [7, 11) is 0. The molecule has 16 heavy (non-hydrogen) atoms. The number of aromatic nitrogens is 1. The molecule has 0 bridgehead atoms. The molecule has 0 saturated carbocycles. The Labute approximate surface area is 97.9 Å². The van der Waals surface area contributed by atoms with Crippen molar-refractivity contribution in [3.63, 3.8) is 0 Å². The predicted octanol–water partition coefficient (Wildman–Crippen LogP) is 1.31. The summed E-state index contributed by atoms with van der Waals surface area (Å²) in [6.45, 7) is 5.97. The number of unbranched alkanes of at least 4 members (excludes halogenated alkanes) is 1. The molecule has 1 aliphatic rings. The third kappa shape index (κ3) is 3.91. The molecule has 2 heterocycles. The van der Waals surface area contributed by atoms with Crippen molar-refractivity contribution in [1.82, 2.24) is 15.2 Å². The number of hydrogen-bond donors (Lipinski definition) is 1. The lowest BCUT2D eigenvalue weighted by Crippen LogP contribution is -2.43. The van der Waals surface area contributed by atoms with E-state index in [9.17, 15) is 0 Å². The maximum Gasteiger partial charge on any atom is 0.0403 e. The first-order chi connectivity index (χ1) is 7.95. The van der Waals surface area contributed by atoms with E-state index in [0.29, 0.717) is 0 Å². The van der Waals surface area contributed by atoms with Crippen molar-refractivity contribution in [2.45, 2.75) is 19.3 Å². The van der Waals surface area contributed by atoms with Gasteiger partial charge in [-0.05, 0) is 37.9 Å². The molecule has 0 aromatic carbocycles. The van der Waals surface area contributed by atoms with Crippen molar-refractivity contribution in [2.24, 2.45) is 0 Å². The standard InChI is InChI=1S/C13H21N3/c1-3-7-15-13(5-1)6-2-4-10-16-11-8-14-9-12-16/h1,3,5,7,14H,2,4,6,8-12H2. The molecule has 0 amide bonds. The van der Waals surface area contributed by atoms with Crippen molar-refractivity contribution in [2.75, 3.05) is 32.7 Å². The molecule has 3 nitrogen and oxygen atoms in total. The quantitative estimate of drug-likeness (QED) is 0.757. The zero-order valence-electron chi connectivity index (χ0n) is 9.86. The Morgan fingerprint density at radius 3 is 2.81 bits per heavy atom. The highest BCUT2D eigenvalue weighted by Crippen LogP contribution is 2.03. The minimum atomic E-state index is 1.12. The summed E-state index contributed by atoms with van der Waals surface area (Å²) in [5.74, 6) is 0. The Balaban J connectivity index is 1.58. The normalized spacial score (nSPS) is 17.5. The lowest BCUT2D eigenvalue weighted by Gasteiger charge is -2.26. The van der Waals surface area contributed by atoms with Crippen LogP contribution in [0, 0.1) is 0 Å². The molecule has 3 heteroatoms. The lowest BCUT2D eigenvalue weighted by atomic mass is 10.1. The molecule has 1 aliphatic heterocycles. The Kier molecular flexibility index (Phi) is 4.77. The average molecular weight is 219 g/mol. The summed E-state index contributed by atoms with van der Waals surface area (Å²) in [5, 5.41) is 3.38. The van der Waals surface area contributed by atoms with Gasteiger partial charge in [-0.1, -0.05) is 6.07 Å². The summed E-state index contributed by atoms with van der Waals surface area (Å²) in [5.41, 5.74) is 1.22. The van der Waals surface area contributed by atoms with Gasteiger partial charge in [-0.25, -0.2) is 0 Å². The van der Waals surface area contributed by atoms with Crippen molar-refractivity contribution in [3.8, 4) is 0 Å². The first-order valence-electron chi connectivity index (χ1n) is 6.28. The summed E-state index contributed by atoms with van der Waals surface area (Å²) in [6.07, 6.45) is 5.54. The number of nitrogens with one attached hydrogen (secondary N) is 1. The van der Waals surface area contributed by atoms with Crippen LogP contribution in [0.25, 0.3) is 0 Å². The van der Waals surface area contributed by atoms with Crippen LogP contribution in [0.5, 0.6) is 0 Å². The highest BCUT2D eigenvalue weighted by molar-refractivity contribution is 5.03. The van der Waals surface area contributed by atoms with Crippen LogP contribution < -0.4 is 5.32 Å². The van der Waals surface area contributed by atoms with Crippen LogP contribution in [0.3, 0.4) is 0 Å². The van der Waals surface area contributed by atoms with Gasteiger partial charge in [0, 0.05) is 38.1 Å². The second-order valence-corrected chi connectivity index (χ2v) is 4.37. The molecule has 1 saturated heterocycles. The van der Waals surface area contributed by atoms with Gasteiger partial charge in [-0.2, -0.15) is 0 Å². The van der Waals surface area contributed by atoms with Gasteiger partial charge < -0.3 is 10.2 Å². The molecule has 1 aromatic heterocycles. The van der Waals surface area contributed by atoms with E-state index in [-0.39, 0.29) is 0 Å². The van der Waals surface area contributed by atoms with Gasteiger partial charge in [-0.15, -0.1) is 0 Å². The fraction of sp³-hybridized carbons (Fsp3) is 0.615. The van der Waals surface area contributed by atoms with Gasteiger partial charge in [0.05, 0.1) is 0 Å². The molecule has 1 N–H and O–H groups in total. The second kappa shape index (κ2) is 6.61. The van der Waals surface area contributed by atoms with Crippen molar-refractivity contribution >= 4 is 0 Å². The Bertz CT molecular complexity index is 280. The maximum atomic E-state index is 4.34. The highest BCUT2D eigenvalue weighted by atomic mass is 15.2. The first-order valence-corrected chi connectivity index (χ1v) is 6.28. The number of aryl methyl sites for hydroxylation is 1. The molecular formula is C13H21N3. The third-order valence-electron chi connectivity index (χ3n) is 3.09. The Hall–Kier alpha value is -0.930. The summed E-state index contributed by atoms with van der Waals surface area (Å²) in [6, 6.07) is 6.16. The van der Waals surface area contributed by atoms with Gasteiger partial charge in [0.25, 0.3) is 0 Å². The van der Waals surface area contributed by atoms with E-state index >= 15 is 0 Å². The predicted molar refractivity (Wildman–Crippen MR) is 66.5 cm³/mol. The largest absolute Gasteiger partial charge is 0.314 e. The van der Waals surface area contributed by atoms with Crippen molar-refractivity contribution in [3.05, 3.63) is 30.1 Å². The second-order valence-electron chi connectivity index (χ2n) is 4.37. The molecular weight excluding hydrogens is 198 g/mol. The van der Waals surface area contributed by atoms with E-state index in [0.717, 1.165) is 19.5 Å². The molecule has 0 spiro atoms. The van der Waals surface area contributed by atoms with Crippen LogP contribution in [0.1, 0.15) is 18.5 Å². The third-order valence-corrected chi connectivity index (χ3v) is 3.09. The molecule has 1 fully saturated rings. The summed E-state index contributed by atoms with van der Waals surface area (Å²) >= 11 is 0. The number of pyridine rings is 1.